The van der Waals surface area contributed by atoms with Gasteiger partial charge in [0.2, 0.25) is 0 Å². The van der Waals surface area contributed by atoms with E-state index in [1.807, 2.05) is 30.3 Å². The molecule has 0 unspecified atom stereocenters. The molecule has 5 nitrogen and oxygen atoms in total. The molecule has 1 aromatic rings. The Morgan fingerprint density at radius 1 is 1.12 bits per heavy atom. The number of nitrogens with one attached hydrogen (secondary N) is 1. The maximum absolute atomic E-state index is 5.46. The molecule has 2 heterocycles. The SMILES string of the molecule is c1ccc([C@H]2COC(NC3=NCCO3)=N2)cc1. The van der Waals surface area contributed by atoms with E-state index in [1.54, 1.807) is 0 Å². The summed E-state index contributed by atoms with van der Waals surface area (Å²) in [6, 6.07) is 11.1. The van der Waals surface area contributed by atoms with Crippen molar-refractivity contribution in [2.75, 3.05) is 19.8 Å². The number of rotatable bonds is 1. The van der Waals surface area contributed by atoms with Gasteiger partial charge in [-0.25, -0.2) is 9.98 Å². The number of nitrogens with zero attached hydrogens (tertiary/aromatic N) is 2. The van der Waals surface area contributed by atoms with Gasteiger partial charge in [-0.3, -0.25) is 5.32 Å². The lowest BCUT2D eigenvalue weighted by atomic mass is 10.1. The monoisotopic (exact) mass is 231 g/mol. The summed E-state index contributed by atoms with van der Waals surface area (Å²) in [6.45, 7) is 1.87. The Morgan fingerprint density at radius 3 is 2.76 bits per heavy atom. The van der Waals surface area contributed by atoms with Gasteiger partial charge < -0.3 is 9.47 Å². The number of benzene rings is 1. The number of aliphatic imine (C=N–C) groups is 2. The van der Waals surface area contributed by atoms with Crippen LogP contribution in [-0.2, 0) is 9.47 Å². The molecule has 2 aliphatic heterocycles. The molecule has 0 bridgehead atoms. The summed E-state index contributed by atoms with van der Waals surface area (Å²) in [5, 5.41) is 2.93. The van der Waals surface area contributed by atoms with Gasteiger partial charge in [0, 0.05) is 0 Å². The van der Waals surface area contributed by atoms with Gasteiger partial charge in [-0.15, -0.1) is 0 Å². The van der Waals surface area contributed by atoms with E-state index in [1.165, 1.54) is 0 Å². The second kappa shape index (κ2) is 4.45. The van der Waals surface area contributed by atoms with Crippen LogP contribution >= 0.6 is 0 Å². The maximum Gasteiger partial charge on any atom is 0.293 e. The van der Waals surface area contributed by atoms with Crippen LogP contribution < -0.4 is 5.32 Å². The molecular weight excluding hydrogens is 218 g/mol. The molecule has 0 radical (unpaired) electrons. The average molecular weight is 231 g/mol. The Kier molecular flexibility index (Phi) is 2.65. The molecule has 3 rings (SSSR count). The molecule has 0 saturated carbocycles. The zero-order valence-corrected chi connectivity index (χ0v) is 9.30. The molecule has 2 aliphatic rings. The van der Waals surface area contributed by atoms with Gasteiger partial charge in [0.05, 0.1) is 6.54 Å². The van der Waals surface area contributed by atoms with Crippen molar-refractivity contribution in [3.63, 3.8) is 0 Å². The van der Waals surface area contributed by atoms with E-state index in [9.17, 15) is 0 Å². The first-order valence-electron chi connectivity index (χ1n) is 5.61. The molecule has 0 spiro atoms. The Hall–Kier alpha value is -2.04. The van der Waals surface area contributed by atoms with E-state index >= 15 is 0 Å². The third-order valence-corrected chi connectivity index (χ3v) is 2.63. The van der Waals surface area contributed by atoms with Crippen LogP contribution in [0.2, 0.25) is 0 Å². The first-order chi connectivity index (χ1) is 8.42. The van der Waals surface area contributed by atoms with Crippen LogP contribution in [0.3, 0.4) is 0 Å². The number of amidine groups is 2. The van der Waals surface area contributed by atoms with Crippen LogP contribution in [0.5, 0.6) is 0 Å². The lowest BCUT2D eigenvalue weighted by Gasteiger charge is -2.03. The van der Waals surface area contributed by atoms with Crippen molar-refractivity contribution >= 4 is 12.0 Å². The summed E-state index contributed by atoms with van der Waals surface area (Å²) >= 11 is 0. The maximum atomic E-state index is 5.46. The van der Waals surface area contributed by atoms with Crippen molar-refractivity contribution in [3.8, 4) is 0 Å². The largest absolute Gasteiger partial charge is 0.463 e. The Balaban J connectivity index is 1.68. The van der Waals surface area contributed by atoms with Gasteiger partial charge in [-0.05, 0) is 5.56 Å². The van der Waals surface area contributed by atoms with Gasteiger partial charge in [-0.2, -0.15) is 0 Å². The lowest BCUT2D eigenvalue weighted by molar-refractivity contribution is 0.301. The first kappa shape index (κ1) is 10.1. The van der Waals surface area contributed by atoms with E-state index in [-0.39, 0.29) is 6.04 Å². The second-order valence-corrected chi connectivity index (χ2v) is 3.83. The highest BCUT2D eigenvalue weighted by Gasteiger charge is 2.22. The third-order valence-electron chi connectivity index (χ3n) is 2.63. The standard InChI is InChI=1S/C12H13N3O2/c1-2-4-9(5-3-1)10-8-17-12(14-10)15-11-13-6-7-16-11/h1-5,10H,6-8H2,(H,13,14,15)/t10-/m1/s1. The zero-order valence-electron chi connectivity index (χ0n) is 9.30. The molecule has 88 valence electrons. The summed E-state index contributed by atoms with van der Waals surface area (Å²) in [5.41, 5.74) is 1.15. The highest BCUT2D eigenvalue weighted by atomic mass is 16.5. The average Bonchev–Trinajstić information content (AvgIpc) is 3.02. The first-order valence-corrected chi connectivity index (χ1v) is 5.61. The van der Waals surface area contributed by atoms with E-state index in [2.05, 4.69) is 15.3 Å². The number of hydrogen-bond acceptors (Lipinski definition) is 5. The van der Waals surface area contributed by atoms with Crippen LogP contribution in [0, 0.1) is 0 Å². The summed E-state index contributed by atoms with van der Waals surface area (Å²) in [4.78, 5) is 8.56. The molecular formula is C12H13N3O2. The molecule has 1 N–H and O–H groups in total. The second-order valence-electron chi connectivity index (χ2n) is 3.83. The minimum absolute atomic E-state index is 0.0562. The molecule has 1 atom stereocenters. The van der Waals surface area contributed by atoms with Gasteiger partial charge in [0.15, 0.2) is 0 Å². The zero-order chi connectivity index (χ0) is 11.5. The van der Waals surface area contributed by atoms with Crippen molar-refractivity contribution < 1.29 is 9.47 Å². The van der Waals surface area contributed by atoms with Gasteiger partial charge >= 0.3 is 0 Å². The Morgan fingerprint density at radius 2 is 2.00 bits per heavy atom. The quantitative estimate of drug-likeness (QED) is 0.787. The fraction of sp³-hybridized carbons (Fsp3) is 0.333. The van der Waals surface area contributed by atoms with Gasteiger partial charge in [0.25, 0.3) is 12.0 Å². The Bertz CT molecular complexity index is 456. The Labute approximate surface area is 99.2 Å². The lowest BCUT2D eigenvalue weighted by Crippen LogP contribution is -2.30. The summed E-state index contributed by atoms with van der Waals surface area (Å²) in [5.74, 6) is 0. The predicted octanol–water partition coefficient (Wildman–Crippen LogP) is 1.09. The minimum atomic E-state index is 0.0562. The molecule has 0 amide bonds. The van der Waals surface area contributed by atoms with Crippen LogP contribution in [0.15, 0.2) is 40.3 Å². The number of hydrogen-bond donors (Lipinski definition) is 1. The summed E-state index contributed by atoms with van der Waals surface area (Å²) < 4.78 is 10.7. The van der Waals surface area contributed by atoms with Crippen LogP contribution in [0.4, 0.5) is 0 Å². The molecule has 0 fully saturated rings. The van der Waals surface area contributed by atoms with Crippen molar-refractivity contribution in [2.24, 2.45) is 9.98 Å². The van der Waals surface area contributed by atoms with Crippen LogP contribution in [-0.4, -0.2) is 31.8 Å². The topological polar surface area (TPSA) is 55.2 Å². The van der Waals surface area contributed by atoms with Crippen molar-refractivity contribution in [1.82, 2.24) is 5.32 Å². The smallest absolute Gasteiger partial charge is 0.293 e. The van der Waals surface area contributed by atoms with E-state index < -0.39 is 0 Å². The van der Waals surface area contributed by atoms with E-state index in [0.29, 0.717) is 31.8 Å². The molecule has 17 heavy (non-hydrogen) atoms. The van der Waals surface area contributed by atoms with Crippen molar-refractivity contribution in [1.29, 1.82) is 0 Å². The molecule has 0 aliphatic carbocycles. The third kappa shape index (κ3) is 2.22. The number of ether oxygens (including phenoxy) is 2. The molecule has 5 heteroatoms. The highest BCUT2D eigenvalue weighted by molar-refractivity contribution is 5.94. The van der Waals surface area contributed by atoms with Gasteiger partial charge in [0.1, 0.15) is 19.3 Å². The highest BCUT2D eigenvalue weighted by Crippen LogP contribution is 2.21. The van der Waals surface area contributed by atoms with Gasteiger partial charge in [-0.1, -0.05) is 30.3 Å². The minimum Gasteiger partial charge on any atom is -0.463 e. The molecule has 1 aromatic carbocycles. The van der Waals surface area contributed by atoms with Crippen LogP contribution in [0.25, 0.3) is 0 Å². The van der Waals surface area contributed by atoms with Crippen LogP contribution in [0.1, 0.15) is 11.6 Å². The predicted molar refractivity (Wildman–Crippen MR) is 64.0 cm³/mol. The fourth-order valence-electron chi connectivity index (χ4n) is 1.79. The van der Waals surface area contributed by atoms with Crippen molar-refractivity contribution in [3.05, 3.63) is 35.9 Å². The molecule has 0 aromatic heterocycles. The summed E-state index contributed by atoms with van der Waals surface area (Å²) in [6.07, 6.45) is 0. The normalized spacial score (nSPS) is 22.5. The summed E-state index contributed by atoms with van der Waals surface area (Å²) in [7, 11) is 0. The van der Waals surface area contributed by atoms with E-state index in [4.69, 9.17) is 9.47 Å². The molecule has 0 saturated heterocycles. The fourth-order valence-corrected chi connectivity index (χ4v) is 1.79. The van der Waals surface area contributed by atoms with Crippen molar-refractivity contribution in [2.45, 2.75) is 6.04 Å². The van der Waals surface area contributed by atoms with E-state index in [0.717, 1.165) is 5.56 Å².